The Morgan fingerprint density at radius 1 is 1.10 bits per heavy atom. The molecule has 1 saturated carbocycles. The highest BCUT2D eigenvalue weighted by Crippen LogP contribution is 2.21. The van der Waals surface area contributed by atoms with Crippen LogP contribution in [0.2, 0.25) is 0 Å². The highest BCUT2D eigenvalue weighted by molar-refractivity contribution is 5.36. The Labute approximate surface area is 121 Å². The summed E-state index contributed by atoms with van der Waals surface area (Å²) in [6, 6.07) is 3.45. The largest absolute Gasteiger partial charge is 0.367 e. The molecule has 0 amide bonds. The summed E-state index contributed by atoms with van der Waals surface area (Å²) in [5, 5.41) is 7.13. The Morgan fingerprint density at radius 2 is 2.00 bits per heavy atom. The van der Waals surface area contributed by atoms with E-state index in [0.717, 1.165) is 12.2 Å². The van der Waals surface area contributed by atoms with Gasteiger partial charge in [-0.15, -0.1) is 0 Å². The van der Waals surface area contributed by atoms with Crippen LogP contribution in [0.4, 0.5) is 5.82 Å². The summed E-state index contributed by atoms with van der Waals surface area (Å²) in [4.78, 5) is 8.79. The van der Waals surface area contributed by atoms with Gasteiger partial charge < -0.3 is 10.6 Å². The Bertz CT molecular complexity index is 409. The maximum absolute atomic E-state index is 4.41. The fourth-order valence-corrected chi connectivity index (χ4v) is 3.39. The molecule has 1 aromatic rings. The summed E-state index contributed by atoms with van der Waals surface area (Å²) in [6.07, 6.45) is 13.3. The van der Waals surface area contributed by atoms with Gasteiger partial charge in [-0.3, -0.25) is 0 Å². The standard InChI is InChI=1S/C16H26N4/c1-2-5-14(6-3-1)20-16-11-15(18-12-19-16)9-8-13-7-4-10-17-13/h11-14,17H,1-10H2,(H,18,19,20)/t13-/m1/s1. The summed E-state index contributed by atoms with van der Waals surface area (Å²) < 4.78 is 0. The Balaban J connectivity index is 1.51. The van der Waals surface area contributed by atoms with Crippen molar-refractivity contribution in [2.75, 3.05) is 11.9 Å². The Morgan fingerprint density at radius 3 is 2.80 bits per heavy atom. The molecule has 4 nitrogen and oxygen atoms in total. The normalized spacial score (nSPS) is 23.9. The van der Waals surface area contributed by atoms with E-state index in [9.17, 15) is 0 Å². The summed E-state index contributed by atoms with van der Waals surface area (Å²) in [7, 11) is 0. The van der Waals surface area contributed by atoms with E-state index in [1.807, 2.05) is 0 Å². The van der Waals surface area contributed by atoms with Crippen molar-refractivity contribution in [3.8, 4) is 0 Å². The summed E-state index contributed by atoms with van der Waals surface area (Å²) in [6.45, 7) is 1.18. The van der Waals surface area contributed by atoms with Crippen LogP contribution < -0.4 is 10.6 Å². The van der Waals surface area contributed by atoms with Crippen molar-refractivity contribution in [1.82, 2.24) is 15.3 Å². The zero-order chi connectivity index (χ0) is 13.6. The average Bonchev–Trinajstić information content (AvgIpc) is 3.00. The van der Waals surface area contributed by atoms with Crippen LogP contribution in [0, 0.1) is 0 Å². The number of hydrogen-bond acceptors (Lipinski definition) is 4. The second-order valence-electron chi connectivity index (χ2n) is 6.21. The van der Waals surface area contributed by atoms with E-state index in [1.165, 1.54) is 63.6 Å². The van der Waals surface area contributed by atoms with Crippen molar-refractivity contribution in [3.63, 3.8) is 0 Å². The van der Waals surface area contributed by atoms with Crippen LogP contribution in [0.1, 0.15) is 57.1 Å². The van der Waals surface area contributed by atoms with Gasteiger partial charge in [0.1, 0.15) is 12.1 Å². The first-order chi connectivity index (χ1) is 9.90. The van der Waals surface area contributed by atoms with Crippen LogP contribution in [0.25, 0.3) is 0 Å². The van der Waals surface area contributed by atoms with Gasteiger partial charge in [-0.05, 0) is 45.1 Å². The molecule has 0 radical (unpaired) electrons. The third-order valence-corrected chi connectivity index (χ3v) is 4.59. The topological polar surface area (TPSA) is 49.8 Å². The Hall–Kier alpha value is -1.16. The number of nitrogens with zero attached hydrogens (tertiary/aromatic N) is 2. The lowest BCUT2D eigenvalue weighted by molar-refractivity contribution is 0.461. The minimum Gasteiger partial charge on any atom is -0.367 e. The fraction of sp³-hybridized carbons (Fsp3) is 0.750. The lowest BCUT2D eigenvalue weighted by Gasteiger charge is -2.23. The lowest BCUT2D eigenvalue weighted by Crippen LogP contribution is -2.23. The predicted molar refractivity (Wildman–Crippen MR) is 81.9 cm³/mol. The molecule has 2 heterocycles. The van der Waals surface area contributed by atoms with Crippen molar-refractivity contribution in [1.29, 1.82) is 0 Å². The molecular weight excluding hydrogens is 248 g/mol. The van der Waals surface area contributed by atoms with Crippen LogP contribution in [0.15, 0.2) is 12.4 Å². The quantitative estimate of drug-likeness (QED) is 0.867. The van der Waals surface area contributed by atoms with Gasteiger partial charge in [0, 0.05) is 23.8 Å². The molecule has 1 aromatic heterocycles. The van der Waals surface area contributed by atoms with Gasteiger partial charge in [-0.2, -0.15) is 0 Å². The molecule has 1 atom stereocenters. The molecule has 4 heteroatoms. The van der Waals surface area contributed by atoms with Gasteiger partial charge >= 0.3 is 0 Å². The smallest absolute Gasteiger partial charge is 0.129 e. The molecule has 1 aliphatic heterocycles. The predicted octanol–water partition coefficient (Wildman–Crippen LogP) is 2.91. The van der Waals surface area contributed by atoms with E-state index in [0.29, 0.717) is 12.1 Å². The molecule has 2 N–H and O–H groups in total. The minimum absolute atomic E-state index is 0.614. The Kier molecular flexibility index (Phi) is 4.85. The zero-order valence-corrected chi connectivity index (χ0v) is 12.3. The van der Waals surface area contributed by atoms with E-state index in [-0.39, 0.29) is 0 Å². The van der Waals surface area contributed by atoms with E-state index in [2.05, 4.69) is 26.7 Å². The van der Waals surface area contributed by atoms with Gasteiger partial charge in [0.15, 0.2) is 0 Å². The van der Waals surface area contributed by atoms with Gasteiger partial charge in [0.05, 0.1) is 0 Å². The summed E-state index contributed by atoms with van der Waals surface area (Å²) >= 11 is 0. The van der Waals surface area contributed by atoms with Crippen LogP contribution in [-0.2, 0) is 6.42 Å². The molecule has 2 aliphatic rings. The van der Waals surface area contributed by atoms with Gasteiger partial charge in [0.25, 0.3) is 0 Å². The number of hydrogen-bond donors (Lipinski definition) is 2. The van der Waals surface area contributed by atoms with Crippen molar-refractivity contribution >= 4 is 5.82 Å². The number of aryl methyl sites for hydroxylation is 1. The van der Waals surface area contributed by atoms with E-state index in [4.69, 9.17) is 0 Å². The fourth-order valence-electron chi connectivity index (χ4n) is 3.39. The van der Waals surface area contributed by atoms with E-state index < -0.39 is 0 Å². The van der Waals surface area contributed by atoms with Crippen LogP contribution in [0.5, 0.6) is 0 Å². The number of rotatable bonds is 5. The molecule has 20 heavy (non-hydrogen) atoms. The third kappa shape index (κ3) is 3.92. The molecule has 0 unspecified atom stereocenters. The molecule has 3 rings (SSSR count). The van der Waals surface area contributed by atoms with Crippen molar-refractivity contribution in [2.24, 2.45) is 0 Å². The summed E-state index contributed by atoms with van der Waals surface area (Å²) in [5.41, 5.74) is 1.17. The first-order valence-corrected chi connectivity index (χ1v) is 8.21. The minimum atomic E-state index is 0.614. The number of aromatic nitrogens is 2. The van der Waals surface area contributed by atoms with Crippen molar-refractivity contribution in [2.45, 2.75) is 69.9 Å². The molecule has 1 saturated heterocycles. The van der Waals surface area contributed by atoms with Gasteiger partial charge in [-0.25, -0.2) is 9.97 Å². The molecule has 110 valence electrons. The zero-order valence-electron chi connectivity index (χ0n) is 12.3. The third-order valence-electron chi connectivity index (χ3n) is 4.59. The number of nitrogens with one attached hydrogen (secondary N) is 2. The second kappa shape index (κ2) is 7.02. The summed E-state index contributed by atoms with van der Waals surface area (Å²) in [5.74, 6) is 1.02. The van der Waals surface area contributed by atoms with Crippen LogP contribution in [-0.4, -0.2) is 28.6 Å². The molecule has 2 fully saturated rings. The SMILES string of the molecule is c1nc(CC[C@H]2CCCN2)cc(NC2CCCCC2)n1. The van der Waals surface area contributed by atoms with Crippen molar-refractivity contribution < 1.29 is 0 Å². The van der Waals surface area contributed by atoms with Crippen LogP contribution in [0.3, 0.4) is 0 Å². The van der Waals surface area contributed by atoms with Crippen LogP contribution >= 0.6 is 0 Å². The maximum Gasteiger partial charge on any atom is 0.129 e. The highest BCUT2D eigenvalue weighted by Gasteiger charge is 2.15. The average molecular weight is 274 g/mol. The molecule has 1 aliphatic carbocycles. The lowest BCUT2D eigenvalue weighted by atomic mass is 9.95. The first-order valence-electron chi connectivity index (χ1n) is 8.21. The first kappa shape index (κ1) is 13.8. The van der Waals surface area contributed by atoms with Crippen molar-refractivity contribution in [3.05, 3.63) is 18.1 Å². The van der Waals surface area contributed by atoms with Gasteiger partial charge in [-0.1, -0.05) is 19.3 Å². The van der Waals surface area contributed by atoms with Gasteiger partial charge in [0.2, 0.25) is 0 Å². The molecule has 0 spiro atoms. The monoisotopic (exact) mass is 274 g/mol. The number of anilines is 1. The maximum atomic E-state index is 4.41. The molecular formula is C16H26N4. The molecule has 0 bridgehead atoms. The van der Waals surface area contributed by atoms with E-state index >= 15 is 0 Å². The molecule has 0 aromatic carbocycles. The second-order valence-corrected chi connectivity index (χ2v) is 6.21. The highest BCUT2D eigenvalue weighted by atomic mass is 15.0. The van der Waals surface area contributed by atoms with E-state index in [1.54, 1.807) is 6.33 Å².